The summed E-state index contributed by atoms with van der Waals surface area (Å²) in [6.45, 7) is 3.88. The molecule has 1 N–H and O–H groups in total. The van der Waals surface area contributed by atoms with Gasteiger partial charge in [0, 0.05) is 11.1 Å². The number of carbonyl (C=O) groups excluding carboxylic acids is 1. The van der Waals surface area contributed by atoms with Crippen molar-refractivity contribution >= 4 is 22.6 Å². The molecule has 0 aliphatic heterocycles. The molecule has 0 unspecified atom stereocenters. The van der Waals surface area contributed by atoms with E-state index in [1.165, 1.54) is 0 Å². The van der Waals surface area contributed by atoms with E-state index in [9.17, 15) is 9.59 Å². The third kappa shape index (κ3) is 4.10. The summed E-state index contributed by atoms with van der Waals surface area (Å²) in [7, 11) is 0. The summed E-state index contributed by atoms with van der Waals surface area (Å²) in [5.41, 5.74) is 4.11. The number of para-hydroxylation sites is 1. The largest absolute Gasteiger partial charge is 0.483 e. The van der Waals surface area contributed by atoms with Gasteiger partial charge in [-0.25, -0.2) is 4.79 Å². The average molecular weight is 399 g/mol. The fourth-order valence-corrected chi connectivity index (χ4v) is 3.22. The first kappa shape index (κ1) is 19.5. The predicted molar refractivity (Wildman–Crippen MR) is 118 cm³/mol. The van der Waals surface area contributed by atoms with Crippen LogP contribution in [-0.2, 0) is 4.79 Å². The molecule has 0 saturated carbocycles. The smallest absolute Gasteiger partial charge is 0.344 e. The lowest BCUT2D eigenvalue weighted by Gasteiger charge is -2.11. The number of ether oxygens (including phenoxy) is 1. The molecule has 150 valence electrons. The van der Waals surface area contributed by atoms with Crippen molar-refractivity contribution in [2.24, 2.45) is 0 Å². The maximum Gasteiger partial charge on any atom is 0.344 e. The van der Waals surface area contributed by atoms with Gasteiger partial charge in [0.25, 0.3) is 5.91 Å². The Hall–Kier alpha value is -3.86. The highest BCUT2D eigenvalue weighted by molar-refractivity contribution is 5.92. The molecule has 0 radical (unpaired) electrons. The maximum atomic E-state index is 12.3. The molecule has 5 heteroatoms. The van der Waals surface area contributed by atoms with E-state index in [-0.39, 0.29) is 12.5 Å². The van der Waals surface area contributed by atoms with E-state index in [1.807, 2.05) is 56.3 Å². The highest BCUT2D eigenvalue weighted by Gasteiger charge is 2.09. The van der Waals surface area contributed by atoms with E-state index in [1.54, 1.807) is 30.3 Å². The van der Waals surface area contributed by atoms with Gasteiger partial charge in [0.15, 0.2) is 6.61 Å². The van der Waals surface area contributed by atoms with E-state index in [0.29, 0.717) is 22.6 Å². The van der Waals surface area contributed by atoms with Gasteiger partial charge in [-0.05, 0) is 60.9 Å². The Balaban J connectivity index is 1.45. The monoisotopic (exact) mass is 399 g/mol. The number of aryl methyl sites for hydroxylation is 1. The van der Waals surface area contributed by atoms with Crippen LogP contribution >= 0.6 is 0 Å². The summed E-state index contributed by atoms with van der Waals surface area (Å²) in [5.74, 6) is 0.442. The lowest BCUT2D eigenvalue weighted by atomic mass is 10.1. The molecular weight excluding hydrogens is 378 g/mol. The Morgan fingerprint density at radius 1 is 0.967 bits per heavy atom. The number of nitrogens with one attached hydrogen (secondary N) is 1. The zero-order valence-corrected chi connectivity index (χ0v) is 16.8. The van der Waals surface area contributed by atoms with E-state index < -0.39 is 5.63 Å². The molecule has 5 nitrogen and oxygen atoms in total. The number of anilines is 1. The van der Waals surface area contributed by atoms with E-state index in [0.717, 1.165) is 22.1 Å². The quantitative estimate of drug-likeness (QED) is 0.475. The molecule has 0 bridgehead atoms. The van der Waals surface area contributed by atoms with Gasteiger partial charge in [0.05, 0.1) is 5.56 Å². The van der Waals surface area contributed by atoms with Gasteiger partial charge in [0.1, 0.15) is 11.3 Å². The van der Waals surface area contributed by atoms with Crippen molar-refractivity contribution in [2.45, 2.75) is 13.8 Å². The van der Waals surface area contributed by atoms with Crippen molar-refractivity contribution in [1.82, 2.24) is 0 Å². The molecule has 3 aromatic carbocycles. The molecule has 1 aromatic heterocycles. The summed E-state index contributed by atoms with van der Waals surface area (Å²) in [5, 5.41) is 3.66. The fourth-order valence-electron chi connectivity index (χ4n) is 3.22. The third-order valence-corrected chi connectivity index (χ3v) is 5.03. The van der Waals surface area contributed by atoms with Gasteiger partial charge >= 0.3 is 5.63 Å². The SMILES string of the molecule is Cc1cccc(OCC(=O)Nc2ccc(-c3cc4ccccc4oc3=O)cc2)c1C. The molecule has 1 heterocycles. The second kappa shape index (κ2) is 8.25. The Labute approximate surface area is 173 Å². The van der Waals surface area contributed by atoms with Gasteiger partial charge in [0.2, 0.25) is 0 Å². The Bertz CT molecular complexity index is 1270. The fraction of sp³-hybridized carbons (Fsp3) is 0.120. The van der Waals surface area contributed by atoms with Crippen LogP contribution in [0.25, 0.3) is 22.1 Å². The van der Waals surface area contributed by atoms with Crippen LogP contribution in [0.15, 0.2) is 82.0 Å². The van der Waals surface area contributed by atoms with Crippen LogP contribution in [0.1, 0.15) is 11.1 Å². The minimum absolute atomic E-state index is 0.0830. The molecule has 30 heavy (non-hydrogen) atoms. The summed E-state index contributed by atoms with van der Waals surface area (Å²) in [4.78, 5) is 24.6. The number of hydrogen-bond donors (Lipinski definition) is 1. The van der Waals surface area contributed by atoms with Crippen LogP contribution in [0.3, 0.4) is 0 Å². The maximum absolute atomic E-state index is 12.3. The first-order valence-corrected chi connectivity index (χ1v) is 9.63. The van der Waals surface area contributed by atoms with Crippen LogP contribution in [-0.4, -0.2) is 12.5 Å². The van der Waals surface area contributed by atoms with Crippen molar-refractivity contribution in [3.05, 3.63) is 94.3 Å². The highest BCUT2D eigenvalue weighted by atomic mass is 16.5. The van der Waals surface area contributed by atoms with E-state index >= 15 is 0 Å². The molecular formula is C25H21NO4. The lowest BCUT2D eigenvalue weighted by Crippen LogP contribution is -2.20. The first-order valence-electron chi connectivity index (χ1n) is 9.63. The zero-order chi connectivity index (χ0) is 21.1. The number of fused-ring (bicyclic) bond motifs is 1. The summed E-state index contributed by atoms with van der Waals surface area (Å²) < 4.78 is 11.0. The topological polar surface area (TPSA) is 68.5 Å². The van der Waals surface area contributed by atoms with Crippen LogP contribution in [0.4, 0.5) is 5.69 Å². The molecule has 0 aliphatic rings. The number of hydrogen-bond acceptors (Lipinski definition) is 4. The average Bonchev–Trinajstić information content (AvgIpc) is 2.75. The van der Waals surface area contributed by atoms with Gasteiger partial charge in [-0.2, -0.15) is 0 Å². The molecule has 4 rings (SSSR count). The summed E-state index contributed by atoms with van der Waals surface area (Å²) in [6.07, 6.45) is 0. The van der Waals surface area contributed by atoms with Gasteiger partial charge in [-0.3, -0.25) is 4.79 Å². The Morgan fingerprint density at radius 3 is 2.53 bits per heavy atom. The zero-order valence-electron chi connectivity index (χ0n) is 16.8. The minimum atomic E-state index is -0.396. The third-order valence-electron chi connectivity index (χ3n) is 5.03. The molecule has 0 spiro atoms. The van der Waals surface area contributed by atoms with Crippen LogP contribution in [0.2, 0.25) is 0 Å². The number of rotatable bonds is 5. The van der Waals surface area contributed by atoms with Crippen molar-refractivity contribution in [2.75, 3.05) is 11.9 Å². The highest BCUT2D eigenvalue weighted by Crippen LogP contribution is 2.23. The molecule has 0 saturated heterocycles. The minimum Gasteiger partial charge on any atom is -0.483 e. The lowest BCUT2D eigenvalue weighted by molar-refractivity contribution is -0.118. The standard InChI is InChI=1S/C25H21NO4/c1-16-6-5-9-22(17(16)2)29-15-24(27)26-20-12-10-18(11-13-20)21-14-19-7-3-4-8-23(19)30-25(21)28/h3-14H,15H2,1-2H3,(H,26,27). The summed E-state index contributed by atoms with van der Waals surface area (Å²) >= 11 is 0. The number of carbonyl (C=O) groups is 1. The van der Waals surface area contributed by atoms with Crippen molar-refractivity contribution in [3.8, 4) is 16.9 Å². The van der Waals surface area contributed by atoms with Crippen LogP contribution in [0.5, 0.6) is 5.75 Å². The molecule has 1 amide bonds. The molecule has 0 fully saturated rings. The second-order valence-electron chi connectivity index (χ2n) is 7.10. The van der Waals surface area contributed by atoms with Crippen molar-refractivity contribution in [3.63, 3.8) is 0 Å². The van der Waals surface area contributed by atoms with Gasteiger partial charge in [-0.15, -0.1) is 0 Å². The van der Waals surface area contributed by atoms with E-state index in [4.69, 9.17) is 9.15 Å². The normalized spacial score (nSPS) is 10.7. The first-order chi connectivity index (χ1) is 14.5. The number of benzene rings is 3. The molecule has 0 atom stereocenters. The van der Waals surface area contributed by atoms with Crippen LogP contribution in [0, 0.1) is 13.8 Å². The van der Waals surface area contributed by atoms with Gasteiger partial charge in [-0.1, -0.05) is 42.5 Å². The Morgan fingerprint density at radius 2 is 1.73 bits per heavy atom. The Kier molecular flexibility index (Phi) is 5.35. The van der Waals surface area contributed by atoms with Gasteiger partial charge < -0.3 is 14.5 Å². The molecule has 4 aromatic rings. The van der Waals surface area contributed by atoms with E-state index in [2.05, 4.69) is 5.32 Å². The number of amides is 1. The van der Waals surface area contributed by atoms with Crippen LogP contribution < -0.4 is 15.7 Å². The summed E-state index contributed by atoms with van der Waals surface area (Å²) in [6, 6.07) is 22.0. The van der Waals surface area contributed by atoms with Crippen molar-refractivity contribution in [1.29, 1.82) is 0 Å². The molecule has 0 aliphatic carbocycles. The predicted octanol–water partition coefficient (Wildman–Crippen LogP) is 5.09. The second-order valence-corrected chi connectivity index (χ2v) is 7.10. The van der Waals surface area contributed by atoms with Crippen molar-refractivity contribution < 1.29 is 13.9 Å².